The molecule has 1 aromatic heterocycles. The van der Waals surface area contributed by atoms with Gasteiger partial charge in [-0.1, -0.05) is 33.1 Å². The van der Waals surface area contributed by atoms with E-state index in [0.717, 1.165) is 29.8 Å². The first-order chi connectivity index (χ1) is 9.62. The zero-order valence-corrected chi connectivity index (χ0v) is 13.8. The van der Waals surface area contributed by atoms with E-state index in [9.17, 15) is 0 Å². The van der Waals surface area contributed by atoms with Crippen LogP contribution < -0.4 is 5.32 Å². The second kappa shape index (κ2) is 7.36. The molecule has 0 unspecified atom stereocenters. The number of anilines is 1. The Balaban J connectivity index is 1.82. The summed E-state index contributed by atoms with van der Waals surface area (Å²) in [5.41, 5.74) is 0.332. The fourth-order valence-electron chi connectivity index (χ4n) is 2.95. The van der Waals surface area contributed by atoms with Gasteiger partial charge >= 0.3 is 0 Å². The third-order valence-electron chi connectivity index (χ3n) is 4.40. The minimum Gasteiger partial charge on any atom is -0.384 e. The van der Waals surface area contributed by atoms with Crippen molar-refractivity contribution in [2.24, 2.45) is 11.3 Å². The second-order valence-corrected chi connectivity index (χ2v) is 7.19. The third-order valence-corrected chi connectivity index (χ3v) is 5.11. The molecule has 5 heteroatoms. The maximum Gasteiger partial charge on any atom is 0.202 e. The highest BCUT2D eigenvalue weighted by molar-refractivity contribution is 7.09. The molecule has 1 aromatic rings. The van der Waals surface area contributed by atoms with Gasteiger partial charge in [-0.25, -0.2) is 4.98 Å². The summed E-state index contributed by atoms with van der Waals surface area (Å²) < 4.78 is 9.41. The topological polar surface area (TPSA) is 47.0 Å². The molecule has 1 fully saturated rings. The Labute approximate surface area is 126 Å². The number of ether oxygens (including phenoxy) is 1. The zero-order valence-electron chi connectivity index (χ0n) is 12.9. The van der Waals surface area contributed by atoms with Gasteiger partial charge in [0.2, 0.25) is 5.13 Å². The molecular formula is C15H27N3OS. The van der Waals surface area contributed by atoms with E-state index in [1.54, 1.807) is 7.11 Å². The largest absolute Gasteiger partial charge is 0.384 e. The summed E-state index contributed by atoms with van der Waals surface area (Å²) in [5.74, 6) is 1.72. The van der Waals surface area contributed by atoms with Gasteiger partial charge in [0.1, 0.15) is 5.82 Å². The van der Waals surface area contributed by atoms with Gasteiger partial charge in [0.15, 0.2) is 0 Å². The SMILES string of the molecule is COCCc1nsc(NCC(C)(C)C2CCCCC2)n1. The highest BCUT2D eigenvalue weighted by atomic mass is 32.1. The molecule has 0 saturated heterocycles. The molecule has 0 aromatic carbocycles. The van der Waals surface area contributed by atoms with Crippen molar-refractivity contribution in [1.29, 1.82) is 0 Å². The van der Waals surface area contributed by atoms with Crippen LogP contribution in [0.1, 0.15) is 51.8 Å². The standard InChI is InChI=1S/C15H27N3OS/c1-15(2,12-7-5-4-6-8-12)11-16-14-17-13(18-20-14)9-10-19-3/h12H,4-11H2,1-3H3,(H,16,17,18). The number of nitrogens with one attached hydrogen (secondary N) is 1. The summed E-state index contributed by atoms with van der Waals surface area (Å²) in [6, 6.07) is 0. The van der Waals surface area contributed by atoms with Crippen molar-refractivity contribution in [3.8, 4) is 0 Å². The van der Waals surface area contributed by atoms with E-state index in [-0.39, 0.29) is 0 Å². The molecule has 114 valence electrons. The minimum atomic E-state index is 0.332. The number of rotatable bonds is 7. The van der Waals surface area contributed by atoms with Gasteiger partial charge in [-0.15, -0.1) is 0 Å². The van der Waals surface area contributed by atoms with Gasteiger partial charge in [0.25, 0.3) is 0 Å². The number of hydrogen-bond donors (Lipinski definition) is 1. The summed E-state index contributed by atoms with van der Waals surface area (Å²) in [4.78, 5) is 4.51. The van der Waals surface area contributed by atoms with E-state index in [1.165, 1.54) is 43.6 Å². The summed E-state index contributed by atoms with van der Waals surface area (Å²) in [5, 5.41) is 4.43. The molecule has 20 heavy (non-hydrogen) atoms. The van der Waals surface area contributed by atoms with E-state index in [1.807, 2.05) is 0 Å². The third kappa shape index (κ3) is 4.42. The lowest BCUT2D eigenvalue weighted by Crippen LogP contribution is -2.33. The smallest absolute Gasteiger partial charge is 0.202 e. The van der Waals surface area contributed by atoms with Gasteiger partial charge < -0.3 is 10.1 Å². The first-order valence-electron chi connectivity index (χ1n) is 7.67. The van der Waals surface area contributed by atoms with Crippen molar-refractivity contribution in [3.05, 3.63) is 5.82 Å². The molecule has 0 aliphatic heterocycles. The summed E-state index contributed by atoms with van der Waals surface area (Å²) in [6.07, 6.45) is 7.76. The van der Waals surface area contributed by atoms with Crippen LogP contribution in [-0.4, -0.2) is 29.6 Å². The fourth-order valence-corrected chi connectivity index (χ4v) is 3.56. The fraction of sp³-hybridized carbons (Fsp3) is 0.867. The van der Waals surface area contributed by atoms with Gasteiger partial charge in [0, 0.05) is 31.6 Å². The highest BCUT2D eigenvalue weighted by Crippen LogP contribution is 2.38. The molecule has 1 N–H and O–H groups in total. The maximum atomic E-state index is 5.05. The van der Waals surface area contributed by atoms with Crippen LogP contribution >= 0.6 is 11.5 Å². The molecule has 4 nitrogen and oxygen atoms in total. The lowest BCUT2D eigenvalue weighted by atomic mass is 9.71. The Bertz CT molecular complexity index is 400. The van der Waals surface area contributed by atoms with Crippen molar-refractivity contribution in [2.45, 2.75) is 52.4 Å². The summed E-state index contributed by atoms with van der Waals surface area (Å²) >= 11 is 1.46. The van der Waals surface area contributed by atoms with E-state index < -0.39 is 0 Å². The van der Waals surface area contributed by atoms with Crippen molar-refractivity contribution in [2.75, 3.05) is 25.6 Å². The average molecular weight is 297 g/mol. The monoisotopic (exact) mass is 297 g/mol. The van der Waals surface area contributed by atoms with E-state index in [0.29, 0.717) is 12.0 Å². The van der Waals surface area contributed by atoms with Crippen LogP contribution in [0.5, 0.6) is 0 Å². The molecule has 1 aliphatic rings. The second-order valence-electron chi connectivity index (χ2n) is 6.44. The van der Waals surface area contributed by atoms with Crippen LogP contribution in [0.25, 0.3) is 0 Å². The predicted octanol–water partition coefficient (Wildman–Crippen LogP) is 3.75. The Morgan fingerprint density at radius 2 is 2.05 bits per heavy atom. The van der Waals surface area contributed by atoms with Crippen molar-refractivity contribution in [3.63, 3.8) is 0 Å². The van der Waals surface area contributed by atoms with Gasteiger partial charge in [-0.3, -0.25) is 0 Å². The quantitative estimate of drug-likeness (QED) is 0.832. The number of nitrogens with zero attached hydrogens (tertiary/aromatic N) is 2. The lowest BCUT2D eigenvalue weighted by molar-refractivity contribution is 0.172. The summed E-state index contributed by atoms with van der Waals surface area (Å²) in [6.45, 7) is 6.42. The van der Waals surface area contributed by atoms with Gasteiger partial charge in [0.05, 0.1) is 6.61 Å². The molecule has 2 rings (SSSR count). The molecular weight excluding hydrogens is 270 g/mol. The van der Waals surface area contributed by atoms with Crippen molar-refractivity contribution >= 4 is 16.7 Å². The molecule has 1 heterocycles. The Morgan fingerprint density at radius 3 is 2.75 bits per heavy atom. The van der Waals surface area contributed by atoms with E-state index >= 15 is 0 Å². The Morgan fingerprint density at radius 1 is 1.30 bits per heavy atom. The predicted molar refractivity (Wildman–Crippen MR) is 84.3 cm³/mol. The summed E-state index contributed by atoms with van der Waals surface area (Å²) in [7, 11) is 1.71. The van der Waals surface area contributed by atoms with Crippen LogP contribution in [0.2, 0.25) is 0 Å². The van der Waals surface area contributed by atoms with Gasteiger partial charge in [-0.2, -0.15) is 4.37 Å². The molecule has 1 saturated carbocycles. The number of methoxy groups -OCH3 is 1. The lowest BCUT2D eigenvalue weighted by Gasteiger charge is -2.37. The number of aromatic nitrogens is 2. The van der Waals surface area contributed by atoms with Crippen LogP contribution in [-0.2, 0) is 11.2 Å². The Hall–Kier alpha value is -0.680. The molecule has 0 bridgehead atoms. The average Bonchev–Trinajstić information content (AvgIpc) is 2.92. The first-order valence-corrected chi connectivity index (χ1v) is 8.44. The zero-order chi connectivity index (χ0) is 14.4. The maximum absolute atomic E-state index is 5.05. The van der Waals surface area contributed by atoms with E-state index in [2.05, 4.69) is 28.5 Å². The minimum absolute atomic E-state index is 0.332. The van der Waals surface area contributed by atoms with Crippen LogP contribution in [0.4, 0.5) is 5.13 Å². The first kappa shape index (κ1) is 15.7. The van der Waals surface area contributed by atoms with Crippen molar-refractivity contribution in [1.82, 2.24) is 9.36 Å². The normalized spacial score (nSPS) is 17.4. The molecule has 0 spiro atoms. The van der Waals surface area contributed by atoms with Crippen LogP contribution in [0, 0.1) is 11.3 Å². The molecule has 0 amide bonds. The highest BCUT2D eigenvalue weighted by Gasteiger charge is 2.30. The molecule has 0 radical (unpaired) electrons. The van der Waals surface area contributed by atoms with Gasteiger partial charge in [-0.05, 0) is 24.2 Å². The molecule has 0 atom stereocenters. The van der Waals surface area contributed by atoms with Crippen LogP contribution in [0.15, 0.2) is 0 Å². The molecule has 1 aliphatic carbocycles. The number of hydrogen-bond acceptors (Lipinski definition) is 5. The van der Waals surface area contributed by atoms with E-state index in [4.69, 9.17) is 4.74 Å². The Kier molecular flexibility index (Phi) is 5.78. The van der Waals surface area contributed by atoms with Crippen LogP contribution in [0.3, 0.4) is 0 Å². The van der Waals surface area contributed by atoms with Crippen molar-refractivity contribution < 1.29 is 4.74 Å².